The van der Waals surface area contributed by atoms with Crippen molar-refractivity contribution in [1.29, 1.82) is 0 Å². The summed E-state index contributed by atoms with van der Waals surface area (Å²) in [6.07, 6.45) is 6.24. The van der Waals surface area contributed by atoms with E-state index in [0.717, 1.165) is 47.3 Å². The maximum atomic E-state index is 14.1. The van der Waals surface area contributed by atoms with Gasteiger partial charge in [0.25, 0.3) is 0 Å². The van der Waals surface area contributed by atoms with Crippen LogP contribution in [0.3, 0.4) is 0 Å². The first-order valence-corrected chi connectivity index (χ1v) is 13.5. The molecule has 1 aliphatic rings. The molecule has 0 unspecified atom stereocenters. The first-order chi connectivity index (χ1) is 17.2. The molecule has 0 aromatic carbocycles. The molecule has 36 heavy (non-hydrogen) atoms. The molecule has 1 fully saturated rings. The molecule has 1 aliphatic carbocycles. The van der Waals surface area contributed by atoms with Crippen molar-refractivity contribution in [3.05, 3.63) is 29.2 Å². The number of pyridine rings is 1. The van der Waals surface area contributed by atoms with Gasteiger partial charge in [0.05, 0.1) is 23.4 Å². The number of ether oxygens (including phenoxy) is 1. The van der Waals surface area contributed by atoms with Crippen molar-refractivity contribution < 1.29 is 14.2 Å². The lowest BCUT2D eigenvalue weighted by Crippen LogP contribution is -2.44. The second-order valence-electron chi connectivity index (χ2n) is 10.7. The molecule has 0 aliphatic heterocycles. The molecule has 10 heteroatoms. The monoisotopic (exact) mass is 514 g/mol. The van der Waals surface area contributed by atoms with E-state index in [9.17, 15) is 9.50 Å². The number of methoxy groups -OCH3 is 1. The van der Waals surface area contributed by atoms with E-state index in [4.69, 9.17) is 9.72 Å². The average molecular weight is 515 g/mol. The van der Waals surface area contributed by atoms with Gasteiger partial charge in [0.15, 0.2) is 11.4 Å². The molecule has 1 atom stereocenters. The normalized spacial score (nSPS) is 20.0. The number of aromatic amines is 1. The van der Waals surface area contributed by atoms with E-state index in [0.29, 0.717) is 17.3 Å². The van der Waals surface area contributed by atoms with Gasteiger partial charge in [-0.3, -0.25) is 0 Å². The highest BCUT2D eigenvalue weighted by Crippen LogP contribution is 2.42. The molecule has 0 saturated heterocycles. The third-order valence-corrected chi connectivity index (χ3v) is 8.40. The quantitative estimate of drug-likeness (QED) is 0.299. The van der Waals surface area contributed by atoms with Crippen LogP contribution < -0.4 is 10.1 Å². The maximum Gasteiger partial charge on any atom is 0.197 e. The minimum Gasteiger partial charge on any atom is -0.493 e. The van der Waals surface area contributed by atoms with Crippen LogP contribution in [0.2, 0.25) is 0 Å². The maximum absolute atomic E-state index is 14.1. The highest BCUT2D eigenvalue weighted by Gasteiger charge is 2.30. The van der Waals surface area contributed by atoms with Crippen LogP contribution in [0, 0.1) is 0 Å². The second-order valence-corrected chi connectivity index (χ2v) is 11.7. The molecule has 3 N–H and O–H groups in total. The number of fused-ring (bicyclic) bond motifs is 2. The summed E-state index contributed by atoms with van der Waals surface area (Å²) in [5.41, 5.74) is 3.65. The molecular formula is C26H35FN6O2S. The zero-order valence-electron chi connectivity index (χ0n) is 21.5. The van der Waals surface area contributed by atoms with Crippen molar-refractivity contribution in [3.8, 4) is 17.0 Å². The number of aromatic nitrogens is 5. The minimum atomic E-state index is -1.31. The Labute approximate surface area is 214 Å². The largest absolute Gasteiger partial charge is 0.493 e. The number of alkyl halides is 1. The standard InChI is InChI=1S/C26H35FN6O2S/c1-14(2)20-21(16-10-18(35-5)23-29-13-30-33(23)12-16)31-25-22(20)32-24(36-25)15-6-8-17(9-7-15)28-11-19(27)26(3,4)34/h10,12-15,17,19,28,31,34H,6-9,11H2,1-5H3/t15?,17?,19-/m1/s1. The number of thiazole rings is 1. The number of H-pyrrole nitrogens is 1. The molecule has 4 aromatic heterocycles. The predicted octanol–water partition coefficient (Wildman–Crippen LogP) is 5.19. The van der Waals surface area contributed by atoms with Gasteiger partial charge in [-0.1, -0.05) is 13.8 Å². The van der Waals surface area contributed by atoms with Crippen molar-refractivity contribution in [3.63, 3.8) is 0 Å². The second kappa shape index (κ2) is 9.72. The number of rotatable bonds is 8. The van der Waals surface area contributed by atoms with Crippen molar-refractivity contribution in [2.75, 3.05) is 13.7 Å². The SMILES string of the molecule is COc1cc(-c2[nH]c3sc(C4CCC(NC[C@@H](F)C(C)(C)O)CC4)nc3c2C(C)C)cn2ncnc12. The summed E-state index contributed by atoms with van der Waals surface area (Å²) in [6, 6.07) is 2.28. The van der Waals surface area contributed by atoms with Crippen molar-refractivity contribution in [2.24, 2.45) is 0 Å². The Morgan fingerprint density at radius 2 is 2.06 bits per heavy atom. The van der Waals surface area contributed by atoms with Gasteiger partial charge in [-0.15, -0.1) is 11.3 Å². The Kier molecular flexibility index (Phi) is 6.78. The fourth-order valence-corrected chi connectivity index (χ4v) is 6.27. The molecule has 8 nitrogen and oxygen atoms in total. The summed E-state index contributed by atoms with van der Waals surface area (Å²) in [7, 11) is 1.64. The van der Waals surface area contributed by atoms with Crippen molar-refractivity contribution in [2.45, 2.75) is 83.0 Å². The van der Waals surface area contributed by atoms with Gasteiger partial charge in [0.1, 0.15) is 22.8 Å². The van der Waals surface area contributed by atoms with Crippen LogP contribution in [-0.4, -0.2) is 61.1 Å². The molecule has 0 bridgehead atoms. The third-order valence-electron chi connectivity index (χ3n) is 7.26. The number of nitrogens with zero attached hydrogens (tertiary/aromatic N) is 4. The molecule has 0 amide bonds. The minimum absolute atomic E-state index is 0.185. The summed E-state index contributed by atoms with van der Waals surface area (Å²) in [5.74, 6) is 1.38. The highest BCUT2D eigenvalue weighted by molar-refractivity contribution is 7.18. The summed E-state index contributed by atoms with van der Waals surface area (Å²) in [6.45, 7) is 7.60. The lowest BCUT2D eigenvalue weighted by molar-refractivity contribution is -0.00383. The molecule has 4 heterocycles. The van der Waals surface area contributed by atoms with Gasteiger partial charge >= 0.3 is 0 Å². The van der Waals surface area contributed by atoms with E-state index in [1.165, 1.54) is 30.7 Å². The summed E-state index contributed by atoms with van der Waals surface area (Å²) < 4.78 is 21.4. The molecule has 194 valence electrons. The average Bonchev–Trinajstić information content (AvgIpc) is 3.55. The number of hydrogen-bond acceptors (Lipinski definition) is 7. The topological polar surface area (TPSA) is 100 Å². The predicted molar refractivity (Wildman–Crippen MR) is 141 cm³/mol. The van der Waals surface area contributed by atoms with Crippen LogP contribution >= 0.6 is 11.3 Å². The molecule has 1 saturated carbocycles. The summed E-state index contributed by atoms with van der Waals surface area (Å²) in [5, 5.41) is 18.6. The van der Waals surface area contributed by atoms with Gasteiger partial charge in [0, 0.05) is 35.8 Å². The Bertz CT molecular complexity index is 1350. The molecule has 5 rings (SSSR count). The summed E-state index contributed by atoms with van der Waals surface area (Å²) >= 11 is 1.74. The number of hydrogen-bond donors (Lipinski definition) is 3. The zero-order valence-corrected chi connectivity index (χ0v) is 22.3. The zero-order chi connectivity index (χ0) is 25.6. The van der Waals surface area contributed by atoms with Crippen LogP contribution in [0.1, 0.15) is 75.8 Å². The van der Waals surface area contributed by atoms with Gasteiger partial charge in [0.2, 0.25) is 0 Å². The Hall–Kier alpha value is -2.56. The van der Waals surface area contributed by atoms with Crippen LogP contribution in [0.4, 0.5) is 4.39 Å². The lowest BCUT2D eigenvalue weighted by Gasteiger charge is -2.30. The number of aliphatic hydroxyl groups is 1. The molecular weight excluding hydrogens is 479 g/mol. The first kappa shape index (κ1) is 25.1. The van der Waals surface area contributed by atoms with E-state index in [2.05, 4.69) is 34.2 Å². The fraction of sp³-hybridized carbons (Fsp3) is 0.577. The van der Waals surface area contributed by atoms with Gasteiger partial charge in [-0.05, 0) is 51.5 Å². The van der Waals surface area contributed by atoms with E-state index >= 15 is 0 Å². The molecule has 4 aromatic rings. The number of nitrogens with one attached hydrogen (secondary N) is 2. The van der Waals surface area contributed by atoms with Crippen LogP contribution in [0.15, 0.2) is 18.6 Å². The molecule has 0 radical (unpaired) electrons. The Morgan fingerprint density at radius 1 is 1.31 bits per heavy atom. The van der Waals surface area contributed by atoms with E-state index < -0.39 is 11.8 Å². The molecule has 0 spiro atoms. The van der Waals surface area contributed by atoms with Crippen LogP contribution in [0.5, 0.6) is 5.75 Å². The Morgan fingerprint density at radius 3 is 2.72 bits per heavy atom. The van der Waals surface area contributed by atoms with Crippen LogP contribution in [0.25, 0.3) is 27.3 Å². The van der Waals surface area contributed by atoms with Crippen molar-refractivity contribution >= 4 is 27.3 Å². The Balaban J connectivity index is 1.36. The number of halogens is 1. The van der Waals surface area contributed by atoms with E-state index in [-0.39, 0.29) is 18.5 Å². The fourth-order valence-electron chi connectivity index (χ4n) is 5.11. The van der Waals surface area contributed by atoms with Crippen molar-refractivity contribution in [1.82, 2.24) is 29.9 Å². The van der Waals surface area contributed by atoms with Gasteiger partial charge in [-0.2, -0.15) is 5.10 Å². The lowest BCUT2D eigenvalue weighted by atomic mass is 9.86. The van der Waals surface area contributed by atoms with Gasteiger partial charge < -0.3 is 20.1 Å². The van der Waals surface area contributed by atoms with Crippen LogP contribution in [-0.2, 0) is 0 Å². The smallest absolute Gasteiger partial charge is 0.197 e. The highest BCUT2D eigenvalue weighted by atomic mass is 32.1. The first-order valence-electron chi connectivity index (χ1n) is 12.7. The van der Waals surface area contributed by atoms with Gasteiger partial charge in [-0.25, -0.2) is 18.9 Å². The summed E-state index contributed by atoms with van der Waals surface area (Å²) in [4.78, 5) is 14.2. The third kappa shape index (κ3) is 4.73. The van der Waals surface area contributed by atoms with E-state index in [1.807, 2.05) is 12.3 Å². The van der Waals surface area contributed by atoms with E-state index in [1.54, 1.807) is 23.0 Å².